The molecule has 0 aliphatic carbocycles. The summed E-state index contributed by atoms with van der Waals surface area (Å²) in [5.74, 6) is 5.88. The molecule has 0 aliphatic heterocycles. The molecule has 0 fully saturated rings. The summed E-state index contributed by atoms with van der Waals surface area (Å²) >= 11 is 0. The summed E-state index contributed by atoms with van der Waals surface area (Å²) in [7, 11) is 0. The monoisotopic (exact) mass is 254 g/mol. The number of anilines is 1. The van der Waals surface area contributed by atoms with Gasteiger partial charge in [-0.25, -0.2) is 4.98 Å². The molecule has 0 saturated heterocycles. The molecule has 0 saturated carbocycles. The third kappa shape index (κ3) is 3.44. The summed E-state index contributed by atoms with van der Waals surface area (Å²) in [6, 6.07) is 5.44. The molecule has 0 aliphatic rings. The molecule has 0 radical (unpaired) electrons. The molecule has 1 amide bonds. The predicted octanol–water partition coefficient (Wildman–Crippen LogP) is 1.28. The molecule has 5 heteroatoms. The van der Waals surface area contributed by atoms with E-state index in [1.165, 1.54) is 0 Å². The Balaban J connectivity index is 2.24. The fraction of sp³-hybridized carbons (Fsp3) is 0.143. The lowest BCUT2D eigenvalue weighted by atomic mass is 10.1. The Bertz CT molecular complexity index is 635. The van der Waals surface area contributed by atoms with Gasteiger partial charge in [-0.05, 0) is 30.7 Å². The molecule has 2 aromatic rings. The van der Waals surface area contributed by atoms with Crippen LogP contribution in [0.5, 0.6) is 0 Å². The molecular weight excluding hydrogens is 240 g/mol. The van der Waals surface area contributed by atoms with E-state index in [1.807, 2.05) is 13.0 Å². The van der Waals surface area contributed by atoms with Crippen molar-refractivity contribution in [2.24, 2.45) is 5.73 Å². The van der Waals surface area contributed by atoms with Crippen molar-refractivity contribution in [2.75, 3.05) is 11.9 Å². The molecule has 5 nitrogen and oxygen atoms in total. The number of aromatic amines is 1. The molecule has 1 aromatic heterocycles. The normalized spacial score (nSPS) is 9.58. The van der Waals surface area contributed by atoms with Gasteiger partial charge in [-0.2, -0.15) is 0 Å². The number of carbonyl (C=O) groups excluding carboxylic acids is 1. The number of rotatable bonds is 2. The van der Waals surface area contributed by atoms with Gasteiger partial charge >= 0.3 is 0 Å². The van der Waals surface area contributed by atoms with Crippen molar-refractivity contribution in [3.63, 3.8) is 0 Å². The maximum absolute atomic E-state index is 12.0. The second-order valence-electron chi connectivity index (χ2n) is 3.99. The lowest BCUT2D eigenvalue weighted by Crippen LogP contribution is -2.13. The van der Waals surface area contributed by atoms with Crippen LogP contribution in [0.3, 0.4) is 0 Å². The highest BCUT2D eigenvalue weighted by Crippen LogP contribution is 2.10. The second kappa shape index (κ2) is 5.85. The van der Waals surface area contributed by atoms with Crippen LogP contribution in [0.1, 0.15) is 21.5 Å². The Morgan fingerprint density at radius 1 is 1.47 bits per heavy atom. The number of nitrogens with two attached hydrogens (primary N) is 1. The fourth-order valence-electron chi connectivity index (χ4n) is 1.65. The molecular formula is C14H14N4O. The molecule has 1 heterocycles. The van der Waals surface area contributed by atoms with Crippen LogP contribution >= 0.6 is 0 Å². The van der Waals surface area contributed by atoms with Gasteiger partial charge in [0, 0.05) is 23.5 Å². The number of nitrogens with one attached hydrogen (secondary N) is 2. The summed E-state index contributed by atoms with van der Waals surface area (Å²) in [4.78, 5) is 18.8. The number of imidazole rings is 1. The first-order valence-corrected chi connectivity index (χ1v) is 5.80. The summed E-state index contributed by atoms with van der Waals surface area (Å²) in [5, 5.41) is 2.67. The van der Waals surface area contributed by atoms with Gasteiger partial charge in [0.1, 0.15) is 0 Å². The molecule has 0 unspecified atom stereocenters. The minimum absolute atomic E-state index is 0.227. The van der Waals surface area contributed by atoms with Gasteiger partial charge in [0.25, 0.3) is 5.91 Å². The molecule has 1 aromatic carbocycles. The van der Waals surface area contributed by atoms with E-state index < -0.39 is 0 Å². The lowest BCUT2D eigenvalue weighted by molar-refractivity contribution is 0.102. The van der Waals surface area contributed by atoms with Crippen molar-refractivity contribution >= 4 is 11.9 Å². The highest BCUT2D eigenvalue weighted by Gasteiger charge is 2.08. The van der Waals surface area contributed by atoms with Crippen molar-refractivity contribution in [3.8, 4) is 11.8 Å². The number of hydrogen-bond donors (Lipinski definition) is 3. The van der Waals surface area contributed by atoms with Crippen molar-refractivity contribution in [1.82, 2.24) is 9.97 Å². The molecule has 2 rings (SSSR count). The first kappa shape index (κ1) is 12.9. The third-order valence-electron chi connectivity index (χ3n) is 2.40. The Morgan fingerprint density at radius 2 is 2.32 bits per heavy atom. The first-order chi connectivity index (χ1) is 9.19. The van der Waals surface area contributed by atoms with Crippen molar-refractivity contribution < 1.29 is 4.79 Å². The number of H-pyrrole nitrogens is 1. The van der Waals surface area contributed by atoms with Crippen LogP contribution in [0.25, 0.3) is 0 Å². The fourth-order valence-corrected chi connectivity index (χ4v) is 1.65. The van der Waals surface area contributed by atoms with Crippen molar-refractivity contribution in [1.29, 1.82) is 0 Å². The van der Waals surface area contributed by atoms with Gasteiger partial charge in [-0.1, -0.05) is 11.8 Å². The maximum atomic E-state index is 12.0. The average molecular weight is 254 g/mol. The van der Waals surface area contributed by atoms with Crippen molar-refractivity contribution in [2.45, 2.75) is 6.92 Å². The van der Waals surface area contributed by atoms with Gasteiger partial charge in [0.15, 0.2) is 0 Å². The number of nitrogens with zero attached hydrogens (tertiary/aromatic N) is 1. The minimum Gasteiger partial charge on any atom is -0.331 e. The highest BCUT2D eigenvalue weighted by molar-refractivity contribution is 6.03. The Morgan fingerprint density at radius 3 is 3.00 bits per heavy atom. The van der Waals surface area contributed by atoms with Crippen LogP contribution < -0.4 is 11.1 Å². The van der Waals surface area contributed by atoms with E-state index in [-0.39, 0.29) is 5.91 Å². The molecule has 0 bridgehead atoms. The van der Waals surface area contributed by atoms with Crippen LogP contribution in [-0.2, 0) is 0 Å². The number of amides is 1. The van der Waals surface area contributed by atoms with E-state index >= 15 is 0 Å². The minimum atomic E-state index is -0.227. The van der Waals surface area contributed by atoms with Gasteiger partial charge in [0.2, 0.25) is 5.95 Å². The van der Waals surface area contributed by atoms with E-state index in [9.17, 15) is 4.79 Å². The molecule has 0 atom stereocenters. The zero-order valence-corrected chi connectivity index (χ0v) is 10.5. The van der Waals surface area contributed by atoms with E-state index in [4.69, 9.17) is 5.73 Å². The number of aromatic nitrogens is 2. The SMILES string of the molecule is Cc1cc(C#CCN)cc(C(=O)Nc2ncc[nH]2)c1. The predicted molar refractivity (Wildman–Crippen MR) is 73.7 cm³/mol. The zero-order chi connectivity index (χ0) is 13.7. The molecule has 96 valence electrons. The summed E-state index contributed by atoms with van der Waals surface area (Å²) in [6.07, 6.45) is 3.22. The third-order valence-corrected chi connectivity index (χ3v) is 2.40. The maximum Gasteiger partial charge on any atom is 0.258 e. The summed E-state index contributed by atoms with van der Waals surface area (Å²) < 4.78 is 0. The number of benzene rings is 1. The zero-order valence-electron chi connectivity index (χ0n) is 10.5. The van der Waals surface area contributed by atoms with Crippen molar-refractivity contribution in [3.05, 3.63) is 47.3 Å². The van der Waals surface area contributed by atoms with Gasteiger partial charge in [-0.3, -0.25) is 10.1 Å². The van der Waals surface area contributed by atoms with Gasteiger partial charge < -0.3 is 10.7 Å². The lowest BCUT2D eigenvalue weighted by Gasteiger charge is -2.04. The topological polar surface area (TPSA) is 83.8 Å². The standard InChI is InChI=1S/C14H14N4O/c1-10-7-11(3-2-4-15)9-12(8-10)13(19)18-14-16-5-6-17-14/h5-9H,4,15H2,1H3,(H2,16,17,18,19). The van der Waals surface area contributed by atoms with E-state index in [0.717, 1.165) is 11.1 Å². The van der Waals surface area contributed by atoms with Crippen LogP contribution in [-0.4, -0.2) is 22.4 Å². The van der Waals surface area contributed by atoms with E-state index in [2.05, 4.69) is 27.1 Å². The Kier molecular flexibility index (Phi) is 3.96. The second-order valence-corrected chi connectivity index (χ2v) is 3.99. The van der Waals surface area contributed by atoms with Gasteiger partial charge in [-0.15, -0.1) is 0 Å². The number of carbonyl (C=O) groups is 1. The van der Waals surface area contributed by atoms with E-state index in [1.54, 1.807) is 24.5 Å². The average Bonchev–Trinajstić information content (AvgIpc) is 2.88. The summed E-state index contributed by atoms with van der Waals surface area (Å²) in [5.41, 5.74) is 7.62. The van der Waals surface area contributed by atoms with Crippen LogP contribution in [0.2, 0.25) is 0 Å². The molecule has 4 N–H and O–H groups in total. The number of aryl methyl sites for hydroxylation is 1. The van der Waals surface area contributed by atoms with Crippen LogP contribution in [0, 0.1) is 18.8 Å². The summed E-state index contributed by atoms with van der Waals surface area (Å²) in [6.45, 7) is 2.21. The largest absolute Gasteiger partial charge is 0.331 e. The first-order valence-electron chi connectivity index (χ1n) is 5.80. The van der Waals surface area contributed by atoms with Crippen LogP contribution in [0.15, 0.2) is 30.6 Å². The van der Waals surface area contributed by atoms with E-state index in [0.29, 0.717) is 18.1 Å². The number of hydrogen-bond acceptors (Lipinski definition) is 3. The molecule has 0 spiro atoms. The molecule has 19 heavy (non-hydrogen) atoms. The Labute approximate surface area is 111 Å². The quantitative estimate of drug-likeness (QED) is 0.706. The highest BCUT2D eigenvalue weighted by atomic mass is 16.1. The van der Waals surface area contributed by atoms with Crippen LogP contribution in [0.4, 0.5) is 5.95 Å². The van der Waals surface area contributed by atoms with Gasteiger partial charge in [0.05, 0.1) is 6.54 Å². The Hall–Kier alpha value is -2.58. The smallest absolute Gasteiger partial charge is 0.258 e.